The number of para-hydroxylation sites is 2. The minimum absolute atomic E-state index is 0.105. The van der Waals surface area contributed by atoms with Crippen molar-refractivity contribution >= 4 is 17.5 Å². The van der Waals surface area contributed by atoms with E-state index in [1.165, 1.54) is 32.1 Å². The summed E-state index contributed by atoms with van der Waals surface area (Å²) in [5.74, 6) is -0.0708. The van der Waals surface area contributed by atoms with Gasteiger partial charge in [0.25, 0.3) is 5.91 Å². The molecule has 0 aromatic heterocycles. The molecule has 6 nitrogen and oxygen atoms in total. The molecule has 2 aromatic rings. The van der Waals surface area contributed by atoms with Gasteiger partial charge in [0.05, 0.1) is 18.7 Å². The van der Waals surface area contributed by atoms with Crippen LogP contribution >= 0.6 is 0 Å². The number of amides is 2. The van der Waals surface area contributed by atoms with Gasteiger partial charge >= 0.3 is 0 Å². The van der Waals surface area contributed by atoms with E-state index in [0.717, 1.165) is 17.8 Å². The molecule has 2 aromatic carbocycles. The van der Waals surface area contributed by atoms with Gasteiger partial charge in [-0.3, -0.25) is 14.5 Å². The van der Waals surface area contributed by atoms with E-state index in [1.54, 1.807) is 18.2 Å². The Morgan fingerprint density at radius 2 is 1.74 bits per heavy atom. The first-order valence-electron chi connectivity index (χ1n) is 11.2. The predicted octanol–water partition coefficient (Wildman–Crippen LogP) is 4.22. The Hall–Kier alpha value is -2.86. The number of carbonyl (C=O) groups is 2. The molecule has 0 aliphatic heterocycles. The van der Waals surface area contributed by atoms with Crippen LogP contribution in [0.1, 0.15) is 54.9 Å². The third-order valence-corrected chi connectivity index (χ3v) is 5.75. The Labute approximate surface area is 185 Å². The smallest absolute Gasteiger partial charge is 0.255 e. The third-order valence-electron chi connectivity index (χ3n) is 5.75. The summed E-state index contributed by atoms with van der Waals surface area (Å²) in [4.78, 5) is 27.4. The minimum atomic E-state index is -0.329. The normalized spacial score (nSPS) is 14.3. The fraction of sp³-hybridized carbons (Fsp3) is 0.440. The van der Waals surface area contributed by atoms with Crippen molar-refractivity contribution in [2.75, 3.05) is 25.5 Å². The number of hydrogen-bond donors (Lipinski definition) is 2. The lowest BCUT2D eigenvalue weighted by Crippen LogP contribution is -2.34. The molecular weight excluding hydrogens is 390 g/mol. The number of carbonyl (C=O) groups excluding carboxylic acids is 2. The summed E-state index contributed by atoms with van der Waals surface area (Å²) in [6.45, 7) is 3.02. The summed E-state index contributed by atoms with van der Waals surface area (Å²) in [5.41, 5.74) is 2.29. The average Bonchev–Trinajstić information content (AvgIpc) is 2.80. The monoisotopic (exact) mass is 423 g/mol. The van der Waals surface area contributed by atoms with Crippen LogP contribution in [0.4, 0.5) is 5.69 Å². The van der Waals surface area contributed by atoms with Crippen LogP contribution in [0.25, 0.3) is 0 Å². The molecular formula is C25H33N3O3. The number of ether oxygens (including phenoxy) is 1. The Balaban J connectivity index is 1.56. The topological polar surface area (TPSA) is 70.7 Å². The van der Waals surface area contributed by atoms with Crippen molar-refractivity contribution in [2.24, 2.45) is 0 Å². The van der Waals surface area contributed by atoms with Gasteiger partial charge in [0, 0.05) is 18.3 Å². The molecule has 0 saturated heterocycles. The molecule has 0 bridgehead atoms. The molecule has 1 aliphatic rings. The summed E-state index contributed by atoms with van der Waals surface area (Å²) in [5, 5.41) is 5.64. The SMILES string of the molecule is CCOc1ccccc1C(=O)NCC(=O)Nc1ccccc1CN(C)C1CCCCC1. The first kappa shape index (κ1) is 22.8. The average molecular weight is 424 g/mol. The molecule has 0 atom stereocenters. The van der Waals surface area contributed by atoms with Gasteiger partial charge < -0.3 is 15.4 Å². The highest BCUT2D eigenvalue weighted by Gasteiger charge is 2.19. The summed E-state index contributed by atoms with van der Waals surface area (Å²) >= 11 is 0. The fourth-order valence-corrected chi connectivity index (χ4v) is 4.09. The number of rotatable bonds is 9. The second kappa shape index (κ2) is 11.5. The summed E-state index contributed by atoms with van der Waals surface area (Å²) in [6, 6.07) is 15.5. The molecule has 0 unspecified atom stereocenters. The van der Waals surface area contributed by atoms with Gasteiger partial charge in [-0.15, -0.1) is 0 Å². The molecule has 1 aliphatic carbocycles. The zero-order chi connectivity index (χ0) is 22.1. The van der Waals surface area contributed by atoms with Crippen LogP contribution in [-0.4, -0.2) is 43.0 Å². The largest absolute Gasteiger partial charge is 0.493 e. The van der Waals surface area contributed by atoms with Gasteiger partial charge in [-0.25, -0.2) is 0 Å². The van der Waals surface area contributed by atoms with Crippen LogP contribution in [0.2, 0.25) is 0 Å². The van der Waals surface area contributed by atoms with Crippen LogP contribution in [0.15, 0.2) is 48.5 Å². The first-order chi connectivity index (χ1) is 15.1. The highest BCUT2D eigenvalue weighted by molar-refractivity contribution is 6.01. The van der Waals surface area contributed by atoms with E-state index >= 15 is 0 Å². The quantitative estimate of drug-likeness (QED) is 0.634. The van der Waals surface area contributed by atoms with Crippen molar-refractivity contribution < 1.29 is 14.3 Å². The Bertz CT molecular complexity index is 878. The molecule has 3 rings (SSSR count). The maximum Gasteiger partial charge on any atom is 0.255 e. The molecule has 1 saturated carbocycles. The van der Waals surface area contributed by atoms with Crippen LogP contribution in [-0.2, 0) is 11.3 Å². The number of nitrogens with one attached hydrogen (secondary N) is 2. The maximum absolute atomic E-state index is 12.5. The van der Waals surface area contributed by atoms with Crippen LogP contribution in [0, 0.1) is 0 Å². The van der Waals surface area contributed by atoms with Crippen molar-refractivity contribution in [1.29, 1.82) is 0 Å². The van der Waals surface area contributed by atoms with Crippen molar-refractivity contribution in [1.82, 2.24) is 10.2 Å². The van der Waals surface area contributed by atoms with Crippen molar-refractivity contribution in [3.8, 4) is 5.75 Å². The zero-order valence-electron chi connectivity index (χ0n) is 18.5. The third kappa shape index (κ3) is 6.56. The van der Waals surface area contributed by atoms with Gasteiger partial charge in [-0.05, 0) is 50.6 Å². The van der Waals surface area contributed by atoms with Crippen LogP contribution < -0.4 is 15.4 Å². The van der Waals surface area contributed by atoms with Crippen LogP contribution in [0.3, 0.4) is 0 Å². The lowest BCUT2D eigenvalue weighted by molar-refractivity contribution is -0.115. The lowest BCUT2D eigenvalue weighted by Gasteiger charge is -2.31. The van der Waals surface area contributed by atoms with Gasteiger partial charge in [-0.1, -0.05) is 49.6 Å². The van der Waals surface area contributed by atoms with E-state index in [-0.39, 0.29) is 18.4 Å². The first-order valence-corrected chi connectivity index (χ1v) is 11.2. The van der Waals surface area contributed by atoms with Gasteiger partial charge in [0.1, 0.15) is 5.75 Å². The van der Waals surface area contributed by atoms with E-state index < -0.39 is 0 Å². The van der Waals surface area contributed by atoms with E-state index in [1.807, 2.05) is 37.3 Å². The molecule has 6 heteroatoms. The Morgan fingerprint density at radius 3 is 2.52 bits per heavy atom. The summed E-state index contributed by atoms with van der Waals surface area (Å²) in [7, 11) is 2.16. The number of benzene rings is 2. The van der Waals surface area contributed by atoms with Gasteiger partial charge in [-0.2, -0.15) is 0 Å². The highest BCUT2D eigenvalue weighted by atomic mass is 16.5. The van der Waals surface area contributed by atoms with E-state index in [4.69, 9.17) is 4.74 Å². The number of nitrogens with zero attached hydrogens (tertiary/aromatic N) is 1. The minimum Gasteiger partial charge on any atom is -0.493 e. The predicted molar refractivity (Wildman–Crippen MR) is 123 cm³/mol. The van der Waals surface area contributed by atoms with E-state index in [2.05, 4.69) is 22.6 Å². The second-order valence-electron chi connectivity index (χ2n) is 8.02. The summed E-state index contributed by atoms with van der Waals surface area (Å²) in [6.07, 6.45) is 6.39. The number of anilines is 1. The fourth-order valence-electron chi connectivity index (χ4n) is 4.09. The second-order valence-corrected chi connectivity index (χ2v) is 8.02. The van der Waals surface area contributed by atoms with E-state index in [9.17, 15) is 9.59 Å². The van der Waals surface area contributed by atoms with Crippen molar-refractivity contribution in [3.05, 3.63) is 59.7 Å². The van der Waals surface area contributed by atoms with Crippen molar-refractivity contribution in [3.63, 3.8) is 0 Å². The van der Waals surface area contributed by atoms with Gasteiger partial charge in [0.2, 0.25) is 5.91 Å². The highest BCUT2D eigenvalue weighted by Crippen LogP contribution is 2.25. The standard InChI is InChI=1S/C25H33N3O3/c1-3-31-23-16-10-8-14-21(23)25(30)26-17-24(29)27-22-15-9-7-11-19(22)18-28(2)20-12-5-4-6-13-20/h7-11,14-16,20H,3-6,12-13,17-18H2,1-2H3,(H,26,30)(H,27,29). The maximum atomic E-state index is 12.5. The van der Waals surface area contributed by atoms with Crippen molar-refractivity contribution in [2.45, 2.75) is 51.6 Å². The molecule has 2 N–H and O–H groups in total. The van der Waals surface area contributed by atoms with Crippen LogP contribution in [0.5, 0.6) is 5.75 Å². The summed E-state index contributed by atoms with van der Waals surface area (Å²) < 4.78 is 5.50. The molecule has 31 heavy (non-hydrogen) atoms. The Morgan fingerprint density at radius 1 is 1.03 bits per heavy atom. The van der Waals surface area contributed by atoms with Gasteiger partial charge in [0.15, 0.2) is 0 Å². The lowest BCUT2D eigenvalue weighted by atomic mass is 9.94. The molecule has 0 spiro atoms. The molecule has 166 valence electrons. The Kier molecular flexibility index (Phi) is 8.47. The molecule has 1 fully saturated rings. The molecule has 2 amide bonds. The molecule has 0 heterocycles. The van der Waals surface area contributed by atoms with E-state index in [0.29, 0.717) is 24.0 Å². The molecule has 0 radical (unpaired) electrons. The number of hydrogen-bond acceptors (Lipinski definition) is 4. The zero-order valence-corrected chi connectivity index (χ0v) is 18.5.